The molecule has 1 unspecified atom stereocenters. The van der Waals surface area contributed by atoms with Gasteiger partial charge in [-0.25, -0.2) is 4.98 Å². The summed E-state index contributed by atoms with van der Waals surface area (Å²) >= 11 is 5.82. The summed E-state index contributed by atoms with van der Waals surface area (Å²) in [5.74, 6) is 0.0561. The Balaban J connectivity index is 1.64. The molecular formula is C18H21ClN6O2. The number of amides is 1. The smallest absolute Gasteiger partial charge is 0.254 e. The number of nitrogens with one attached hydrogen (secondary N) is 2. The lowest BCUT2D eigenvalue weighted by Crippen LogP contribution is -2.47. The van der Waals surface area contributed by atoms with Crippen LogP contribution in [0.5, 0.6) is 0 Å². The fourth-order valence-electron chi connectivity index (χ4n) is 2.72. The second-order valence-corrected chi connectivity index (χ2v) is 6.31. The van der Waals surface area contributed by atoms with Crippen LogP contribution in [0, 0.1) is 0 Å². The number of benzene rings is 1. The molecule has 1 aromatic heterocycles. The summed E-state index contributed by atoms with van der Waals surface area (Å²) in [6.07, 6.45) is 2.42. The molecule has 0 spiro atoms. The van der Waals surface area contributed by atoms with Gasteiger partial charge < -0.3 is 10.1 Å². The standard InChI is InChI=1S/C18H21ClN6O2/c1-2-21-24-16-14(10-20-18(19)23-16)22-17(26)15-12-25(8-9-27-15)11-13-6-4-3-5-7-13/h2-7,10,15H,8-9,11-12H2,1H3,(H,22,26)(H,20,23,24)/b21-2-. The third kappa shape index (κ3) is 5.46. The highest BCUT2D eigenvalue weighted by Crippen LogP contribution is 2.21. The number of carbonyl (C=O) groups is 1. The fourth-order valence-corrected chi connectivity index (χ4v) is 2.86. The topological polar surface area (TPSA) is 91.7 Å². The van der Waals surface area contributed by atoms with Crippen molar-refractivity contribution in [2.45, 2.75) is 19.6 Å². The van der Waals surface area contributed by atoms with Crippen molar-refractivity contribution in [1.82, 2.24) is 14.9 Å². The van der Waals surface area contributed by atoms with Crippen LogP contribution in [-0.4, -0.2) is 52.8 Å². The molecule has 1 aliphatic heterocycles. The largest absolute Gasteiger partial charge is 0.366 e. The summed E-state index contributed by atoms with van der Waals surface area (Å²) in [6, 6.07) is 10.1. The normalized spacial score (nSPS) is 17.8. The predicted octanol–water partition coefficient (Wildman–Crippen LogP) is 2.39. The molecule has 0 radical (unpaired) electrons. The van der Waals surface area contributed by atoms with Crippen LogP contribution < -0.4 is 10.7 Å². The molecule has 142 valence electrons. The predicted molar refractivity (Wildman–Crippen MR) is 105 cm³/mol. The number of carbonyl (C=O) groups excluding carboxylic acids is 1. The van der Waals surface area contributed by atoms with Crippen molar-refractivity contribution >= 4 is 35.2 Å². The van der Waals surface area contributed by atoms with E-state index in [4.69, 9.17) is 16.3 Å². The lowest BCUT2D eigenvalue weighted by molar-refractivity contribution is -0.133. The van der Waals surface area contributed by atoms with Crippen LogP contribution in [0.2, 0.25) is 5.28 Å². The molecule has 9 heteroatoms. The Labute approximate surface area is 162 Å². The molecule has 1 amide bonds. The van der Waals surface area contributed by atoms with Gasteiger partial charge in [0, 0.05) is 25.8 Å². The van der Waals surface area contributed by atoms with Crippen LogP contribution in [0.1, 0.15) is 12.5 Å². The van der Waals surface area contributed by atoms with Gasteiger partial charge >= 0.3 is 0 Å². The zero-order chi connectivity index (χ0) is 19.1. The molecular weight excluding hydrogens is 368 g/mol. The fraction of sp³-hybridized carbons (Fsp3) is 0.333. The number of nitrogens with zero attached hydrogens (tertiary/aromatic N) is 4. The number of hydrogen-bond acceptors (Lipinski definition) is 7. The van der Waals surface area contributed by atoms with E-state index < -0.39 is 6.10 Å². The number of morpholine rings is 1. The van der Waals surface area contributed by atoms with E-state index in [1.54, 1.807) is 13.1 Å². The summed E-state index contributed by atoms with van der Waals surface area (Å²) < 4.78 is 5.65. The molecule has 1 atom stereocenters. The molecule has 2 N–H and O–H groups in total. The highest BCUT2D eigenvalue weighted by atomic mass is 35.5. The van der Waals surface area contributed by atoms with Crippen molar-refractivity contribution in [2.75, 3.05) is 30.4 Å². The first-order valence-corrected chi connectivity index (χ1v) is 8.98. The summed E-state index contributed by atoms with van der Waals surface area (Å²) in [6.45, 7) is 4.31. The maximum atomic E-state index is 12.7. The third-order valence-electron chi connectivity index (χ3n) is 4.01. The van der Waals surface area contributed by atoms with Gasteiger partial charge in [-0.05, 0) is 24.1 Å². The van der Waals surface area contributed by atoms with E-state index in [2.05, 4.69) is 42.8 Å². The molecule has 0 aliphatic carbocycles. The lowest BCUT2D eigenvalue weighted by Gasteiger charge is -2.32. The SMILES string of the molecule is C/C=N\Nc1nc(Cl)ncc1NC(=O)C1CN(Cc2ccccc2)CCO1. The first kappa shape index (κ1) is 19.2. The van der Waals surface area contributed by atoms with Crippen LogP contribution in [0.4, 0.5) is 11.5 Å². The van der Waals surface area contributed by atoms with E-state index in [0.29, 0.717) is 24.7 Å². The van der Waals surface area contributed by atoms with E-state index in [0.717, 1.165) is 13.1 Å². The number of rotatable bonds is 6. The number of aromatic nitrogens is 2. The van der Waals surface area contributed by atoms with Gasteiger partial charge in [0.25, 0.3) is 5.91 Å². The minimum atomic E-state index is -0.583. The summed E-state index contributed by atoms with van der Waals surface area (Å²) in [4.78, 5) is 22.8. The van der Waals surface area contributed by atoms with E-state index in [9.17, 15) is 4.79 Å². The van der Waals surface area contributed by atoms with Gasteiger partial charge in [-0.3, -0.25) is 15.1 Å². The van der Waals surface area contributed by atoms with Crippen LogP contribution in [-0.2, 0) is 16.1 Å². The number of anilines is 2. The first-order chi connectivity index (χ1) is 13.2. The Kier molecular flexibility index (Phi) is 6.69. The number of halogens is 1. The Morgan fingerprint density at radius 3 is 3.04 bits per heavy atom. The zero-order valence-electron chi connectivity index (χ0n) is 14.9. The molecule has 1 saturated heterocycles. The molecule has 27 heavy (non-hydrogen) atoms. The second-order valence-electron chi connectivity index (χ2n) is 5.97. The summed E-state index contributed by atoms with van der Waals surface area (Å²) in [5.41, 5.74) is 4.31. The maximum absolute atomic E-state index is 12.7. The number of hydrazone groups is 1. The minimum Gasteiger partial charge on any atom is -0.366 e. The van der Waals surface area contributed by atoms with Crippen molar-refractivity contribution in [2.24, 2.45) is 5.10 Å². The molecule has 0 saturated carbocycles. The van der Waals surface area contributed by atoms with Gasteiger partial charge in [0.2, 0.25) is 5.28 Å². The maximum Gasteiger partial charge on any atom is 0.254 e. The summed E-state index contributed by atoms with van der Waals surface area (Å²) in [7, 11) is 0. The van der Waals surface area contributed by atoms with Crippen molar-refractivity contribution < 1.29 is 9.53 Å². The van der Waals surface area contributed by atoms with Crippen molar-refractivity contribution in [3.63, 3.8) is 0 Å². The monoisotopic (exact) mass is 388 g/mol. The Bertz CT molecular complexity index is 802. The van der Waals surface area contributed by atoms with Gasteiger partial charge in [0.05, 0.1) is 12.8 Å². The van der Waals surface area contributed by atoms with E-state index in [-0.39, 0.29) is 11.2 Å². The van der Waals surface area contributed by atoms with Crippen LogP contribution >= 0.6 is 11.6 Å². The highest BCUT2D eigenvalue weighted by Gasteiger charge is 2.27. The van der Waals surface area contributed by atoms with Crippen molar-refractivity contribution in [3.8, 4) is 0 Å². The molecule has 1 aliphatic rings. The third-order valence-corrected chi connectivity index (χ3v) is 4.19. The summed E-state index contributed by atoms with van der Waals surface area (Å²) in [5, 5.41) is 6.76. The molecule has 1 fully saturated rings. The Morgan fingerprint density at radius 2 is 2.26 bits per heavy atom. The molecule has 8 nitrogen and oxygen atoms in total. The van der Waals surface area contributed by atoms with Crippen LogP contribution in [0.3, 0.4) is 0 Å². The van der Waals surface area contributed by atoms with Gasteiger partial charge in [-0.2, -0.15) is 10.1 Å². The lowest BCUT2D eigenvalue weighted by atomic mass is 10.2. The van der Waals surface area contributed by atoms with E-state index in [1.165, 1.54) is 11.8 Å². The molecule has 0 bridgehead atoms. The average Bonchev–Trinajstić information content (AvgIpc) is 2.69. The molecule has 2 aromatic rings. The number of ether oxygens (including phenoxy) is 1. The zero-order valence-corrected chi connectivity index (χ0v) is 15.7. The number of hydrogen-bond donors (Lipinski definition) is 2. The second kappa shape index (κ2) is 9.40. The Morgan fingerprint density at radius 1 is 1.44 bits per heavy atom. The molecule has 1 aromatic carbocycles. The van der Waals surface area contributed by atoms with Gasteiger partial charge in [-0.15, -0.1) is 0 Å². The van der Waals surface area contributed by atoms with Crippen molar-refractivity contribution in [3.05, 3.63) is 47.4 Å². The van der Waals surface area contributed by atoms with Crippen molar-refractivity contribution in [1.29, 1.82) is 0 Å². The van der Waals surface area contributed by atoms with Crippen LogP contribution in [0.25, 0.3) is 0 Å². The Hall–Kier alpha value is -2.55. The first-order valence-electron chi connectivity index (χ1n) is 8.60. The minimum absolute atomic E-state index is 0.0600. The quantitative estimate of drug-likeness (QED) is 0.448. The molecule has 2 heterocycles. The molecule has 3 rings (SSSR count). The van der Waals surface area contributed by atoms with E-state index in [1.807, 2.05) is 18.2 Å². The van der Waals surface area contributed by atoms with E-state index >= 15 is 0 Å². The average molecular weight is 389 g/mol. The van der Waals surface area contributed by atoms with Crippen LogP contribution in [0.15, 0.2) is 41.6 Å². The van der Waals surface area contributed by atoms with Gasteiger partial charge in [0.1, 0.15) is 11.8 Å². The van der Waals surface area contributed by atoms with Gasteiger partial charge in [-0.1, -0.05) is 30.3 Å². The van der Waals surface area contributed by atoms with Gasteiger partial charge in [0.15, 0.2) is 5.82 Å². The highest BCUT2D eigenvalue weighted by molar-refractivity contribution is 6.28.